The fourth-order valence-electron chi connectivity index (χ4n) is 0.687. The van der Waals surface area contributed by atoms with Crippen molar-refractivity contribution in [1.82, 2.24) is 0 Å². The molecule has 0 aromatic heterocycles. The first-order valence-corrected chi connectivity index (χ1v) is 2.93. The van der Waals surface area contributed by atoms with Crippen LogP contribution in [0.1, 0.15) is 0 Å². The summed E-state index contributed by atoms with van der Waals surface area (Å²) in [5.74, 6) is -0.661. The number of carbonyl (C=O) groups excluding carboxylic acids is 1. The highest BCUT2D eigenvalue weighted by atomic mass is 19.1. The number of rotatable bonds is 2. The van der Waals surface area contributed by atoms with Crippen LogP contribution in [-0.2, 0) is 4.79 Å². The summed E-state index contributed by atoms with van der Waals surface area (Å²) in [7, 11) is 0. The average molecular weight is 155 g/mol. The average Bonchev–Trinajstić information content (AvgIpc) is 1.98. The molecule has 1 amide bonds. The van der Waals surface area contributed by atoms with Gasteiger partial charge in [0.1, 0.15) is 11.6 Å². The molecule has 0 bridgehead atoms. The van der Waals surface area contributed by atoms with Crippen molar-refractivity contribution >= 4 is 12.1 Å². The number of benzene rings is 1. The van der Waals surface area contributed by atoms with Crippen LogP contribution in [0.15, 0.2) is 18.2 Å². The maximum Gasteiger partial charge on any atom is 0.211 e. The molecule has 0 heterocycles. The lowest BCUT2D eigenvalue weighted by molar-refractivity contribution is -0.105. The van der Waals surface area contributed by atoms with Crippen LogP contribution in [0.2, 0.25) is 0 Å². The second-order valence-electron chi connectivity index (χ2n) is 1.93. The van der Waals surface area contributed by atoms with Crippen LogP contribution < -0.4 is 5.32 Å². The summed E-state index contributed by atoms with van der Waals surface area (Å²) in [6.07, 6.45) is 0.345. The van der Waals surface area contributed by atoms with Crippen LogP contribution in [0, 0.1) is 5.82 Å². The molecule has 3 nitrogen and oxygen atoms in total. The molecule has 1 rings (SSSR count). The normalized spacial score (nSPS) is 9.18. The van der Waals surface area contributed by atoms with Crippen LogP contribution in [-0.4, -0.2) is 11.5 Å². The number of amides is 1. The first kappa shape index (κ1) is 7.53. The maximum absolute atomic E-state index is 12.6. The van der Waals surface area contributed by atoms with Gasteiger partial charge < -0.3 is 10.4 Å². The van der Waals surface area contributed by atoms with Crippen molar-refractivity contribution in [3.05, 3.63) is 24.0 Å². The molecular weight excluding hydrogens is 149 g/mol. The lowest BCUT2D eigenvalue weighted by atomic mass is 10.3. The van der Waals surface area contributed by atoms with Crippen molar-refractivity contribution in [1.29, 1.82) is 0 Å². The van der Waals surface area contributed by atoms with E-state index in [0.717, 1.165) is 12.1 Å². The molecule has 58 valence electrons. The van der Waals surface area contributed by atoms with E-state index in [1.165, 1.54) is 6.07 Å². The van der Waals surface area contributed by atoms with E-state index in [4.69, 9.17) is 5.11 Å². The number of phenolic OH excluding ortho intramolecular Hbond substituents is 1. The Labute approximate surface area is 62.5 Å². The topological polar surface area (TPSA) is 49.3 Å². The summed E-state index contributed by atoms with van der Waals surface area (Å²) in [6.45, 7) is 0. The standard InChI is InChI=1S/C7H6FNO2/c8-6-2-1-5(11)3-7(6)9-4-10/h1-4,11H,(H,9,10). The molecule has 0 aliphatic carbocycles. The van der Waals surface area contributed by atoms with Crippen LogP contribution in [0.25, 0.3) is 0 Å². The third kappa shape index (κ3) is 1.67. The van der Waals surface area contributed by atoms with Gasteiger partial charge in [-0.05, 0) is 12.1 Å². The molecule has 0 saturated carbocycles. The summed E-state index contributed by atoms with van der Waals surface area (Å²) < 4.78 is 12.6. The van der Waals surface area contributed by atoms with Crippen molar-refractivity contribution in [3.63, 3.8) is 0 Å². The van der Waals surface area contributed by atoms with E-state index < -0.39 is 5.82 Å². The maximum atomic E-state index is 12.6. The van der Waals surface area contributed by atoms with Crippen molar-refractivity contribution in [2.75, 3.05) is 5.32 Å². The summed E-state index contributed by atoms with van der Waals surface area (Å²) >= 11 is 0. The molecule has 0 unspecified atom stereocenters. The molecule has 0 fully saturated rings. The van der Waals surface area contributed by atoms with Gasteiger partial charge in [0.2, 0.25) is 6.41 Å². The minimum atomic E-state index is -0.574. The van der Waals surface area contributed by atoms with Crippen LogP contribution in [0.3, 0.4) is 0 Å². The van der Waals surface area contributed by atoms with Gasteiger partial charge in [-0.3, -0.25) is 4.79 Å². The molecule has 11 heavy (non-hydrogen) atoms. The Morgan fingerprint density at radius 1 is 1.55 bits per heavy atom. The van der Waals surface area contributed by atoms with Gasteiger partial charge in [-0.25, -0.2) is 4.39 Å². The monoisotopic (exact) mass is 155 g/mol. The molecule has 2 N–H and O–H groups in total. The Morgan fingerprint density at radius 3 is 2.91 bits per heavy atom. The van der Waals surface area contributed by atoms with Gasteiger partial charge in [0.05, 0.1) is 5.69 Å². The Morgan fingerprint density at radius 2 is 2.27 bits per heavy atom. The molecule has 0 atom stereocenters. The summed E-state index contributed by atoms with van der Waals surface area (Å²) in [6, 6.07) is 3.40. The van der Waals surface area contributed by atoms with Crippen LogP contribution in [0.5, 0.6) is 5.75 Å². The highest BCUT2D eigenvalue weighted by molar-refractivity contribution is 5.72. The number of hydrogen-bond donors (Lipinski definition) is 2. The summed E-state index contributed by atoms with van der Waals surface area (Å²) in [5.41, 5.74) is -0.0278. The van der Waals surface area contributed by atoms with Gasteiger partial charge in [-0.15, -0.1) is 0 Å². The fraction of sp³-hybridized carbons (Fsp3) is 0. The first-order chi connectivity index (χ1) is 5.24. The third-order valence-corrected chi connectivity index (χ3v) is 1.16. The Balaban J connectivity index is 3.01. The number of halogens is 1. The lowest BCUT2D eigenvalue weighted by Crippen LogP contribution is -1.95. The Hall–Kier alpha value is -1.58. The van der Waals surface area contributed by atoms with E-state index in [-0.39, 0.29) is 11.4 Å². The number of carbonyl (C=O) groups is 1. The quantitative estimate of drug-likeness (QED) is 0.628. The smallest absolute Gasteiger partial charge is 0.211 e. The van der Waals surface area contributed by atoms with E-state index in [9.17, 15) is 9.18 Å². The van der Waals surface area contributed by atoms with E-state index in [0.29, 0.717) is 6.41 Å². The zero-order valence-corrected chi connectivity index (χ0v) is 5.54. The molecule has 1 aromatic carbocycles. The molecule has 0 aliphatic rings. The second kappa shape index (κ2) is 3.01. The highest BCUT2D eigenvalue weighted by Crippen LogP contribution is 2.18. The second-order valence-corrected chi connectivity index (χ2v) is 1.93. The van der Waals surface area contributed by atoms with E-state index in [2.05, 4.69) is 5.32 Å². The van der Waals surface area contributed by atoms with Crippen molar-refractivity contribution < 1.29 is 14.3 Å². The van der Waals surface area contributed by atoms with E-state index >= 15 is 0 Å². The largest absolute Gasteiger partial charge is 0.508 e. The Kier molecular flexibility index (Phi) is 2.06. The summed E-state index contributed by atoms with van der Waals surface area (Å²) in [4.78, 5) is 9.88. The number of phenols is 1. The van der Waals surface area contributed by atoms with Crippen molar-refractivity contribution in [2.45, 2.75) is 0 Å². The van der Waals surface area contributed by atoms with Gasteiger partial charge >= 0.3 is 0 Å². The minimum absolute atomic E-state index is 0.0278. The molecule has 0 aliphatic heterocycles. The zero-order chi connectivity index (χ0) is 8.27. The van der Waals surface area contributed by atoms with Crippen molar-refractivity contribution in [3.8, 4) is 5.75 Å². The predicted molar refractivity (Wildman–Crippen MR) is 37.8 cm³/mol. The molecular formula is C7H6FNO2. The zero-order valence-electron chi connectivity index (χ0n) is 5.54. The highest BCUT2D eigenvalue weighted by Gasteiger charge is 2.00. The summed E-state index contributed by atoms with van der Waals surface area (Å²) in [5, 5.41) is 10.9. The van der Waals surface area contributed by atoms with Crippen molar-refractivity contribution in [2.24, 2.45) is 0 Å². The number of hydrogen-bond acceptors (Lipinski definition) is 2. The van der Waals surface area contributed by atoms with Gasteiger partial charge in [-0.2, -0.15) is 0 Å². The third-order valence-electron chi connectivity index (χ3n) is 1.16. The molecule has 0 spiro atoms. The fourth-order valence-corrected chi connectivity index (χ4v) is 0.687. The van der Waals surface area contributed by atoms with Gasteiger partial charge in [0.15, 0.2) is 0 Å². The lowest BCUT2D eigenvalue weighted by Gasteiger charge is -1.99. The predicted octanol–water partition coefficient (Wildman–Crippen LogP) is 1.10. The minimum Gasteiger partial charge on any atom is -0.508 e. The molecule has 0 saturated heterocycles. The van der Waals surface area contributed by atoms with Crippen LogP contribution in [0.4, 0.5) is 10.1 Å². The molecule has 1 aromatic rings. The van der Waals surface area contributed by atoms with Gasteiger partial charge in [0.25, 0.3) is 0 Å². The van der Waals surface area contributed by atoms with E-state index in [1.54, 1.807) is 0 Å². The Bertz CT molecular complexity index is 275. The SMILES string of the molecule is O=CNc1cc(O)ccc1F. The molecule has 4 heteroatoms. The number of anilines is 1. The number of nitrogens with one attached hydrogen (secondary N) is 1. The van der Waals surface area contributed by atoms with E-state index in [1.807, 2.05) is 0 Å². The van der Waals surface area contributed by atoms with Gasteiger partial charge in [-0.1, -0.05) is 0 Å². The van der Waals surface area contributed by atoms with Crippen LogP contribution >= 0.6 is 0 Å². The van der Waals surface area contributed by atoms with Gasteiger partial charge in [0, 0.05) is 6.07 Å². The first-order valence-electron chi connectivity index (χ1n) is 2.93. The molecule has 0 radical (unpaired) electrons. The number of aromatic hydroxyl groups is 1.